The van der Waals surface area contributed by atoms with Crippen molar-refractivity contribution in [1.82, 2.24) is 10.3 Å². The van der Waals surface area contributed by atoms with Gasteiger partial charge in [-0.15, -0.1) is 0 Å². The fraction of sp³-hybridized carbons (Fsp3) is 0.312. The van der Waals surface area contributed by atoms with Gasteiger partial charge >= 0.3 is 0 Å². The highest BCUT2D eigenvalue weighted by atomic mass is 16.5. The normalized spacial score (nSPS) is 16.9. The molecule has 1 unspecified atom stereocenters. The highest BCUT2D eigenvalue weighted by Crippen LogP contribution is 2.27. The Kier molecular flexibility index (Phi) is 3.75. The number of benzene rings is 1. The number of fused-ring (bicyclic) bond motifs is 1. The average molecular weight is 254 g/mol. The molecule has 98 valence electrons. The van der Waals surface area contributed by atoms with E-state index in [1.54, 1.807) is 0 Å². The van der Waals surface area contributed by atoms with E-state index in [9.17, 15) is 0 Å². The van der Waals surface area contributed by atoms with Crippen LogP contribution in [0, 0.1) is 0 Å². The van der Waals surface area contributed by atoms with Crippen molar-refractivity contribution in [2.45, 2.75) is 18.9 Å². The van der Waals surface area contributed by atoms with Crippen LogP contribution in [-0.4, -0.2) is 24.2 Å². The molecule has 0 radical (unpaired) electrons. The molecule has 3 heteroatoms. The summed E-state index contributed by atoms with van der Waals surface area (Å²) in [6.45, 7) is 1.83. The summed E-state index contributed by atoms with van der Waals surface area (Å²) in [5, 5.41) is 3.45. The molecule has 0 bridgehead atoms. The molecule has 1 aliphatic rings. The molecule has 2 heterocycles. The van der Waals surface area contributed by atoms with Gasteiger partial charge in [0.2, 0.25) is 0 Å². The minimum Gasteiger partial charge on any atom is -0.488 e. The first-order valence-corrected chi connectivity index (χ1v) is 6.77. The van der Waals surface area contributed by atoms with Crippen LogP contribution in [0.4, 0.5) is 0 Å². The number of hydrogen-bond acceptors (Lipinski definition) is 3. The quantitative estimate of drug-likeness (QED) is 0.831. The molecule has 1 aromatic carbocycles. The van der Waals surface area contributed by atoms with Gasteiger partial charge in [0.05, 0.1) is 0 Å². The van der Waals surface area contributed by atoms with Gasteiger partial charge in [-0.05, 0) is 23.8 Å². The Morgan fingerprint density at radius 1 is 1.16 bits per heavy atom. The largest absolute Gasteiger partial charge is 0.488 e. The van der Waals surface area contributed by atoms with Crippen LogP contribution in [0.3, 0.4) is 0 Å². The van der Waals surface area contributed by atoms with E-state index in [0.29, 0.717) is 0 Å². The molecule has 0 saturated heterocycles. The molecule has 19 heavy (non-hydrogen) atoms. The lowest BCUT2D eigenvalue weighted by Crippen LogP contribution is -2.31. The van der Waals surface area contributed by atoms with Crippen LogP contribution in [0.5, 0.6) is 5.75 Å². The predicted molar refractivity (Wildman–Crippen MR) is 75.4 cm³/mol. The third-order valence-electron chi connectivity index (χ3n) is 3.37. The van der Waals surface area contributed by atoms with Crippen molar-refractivity contribution in [3.05, 3.63) is 59.9 Å². The summed E-state index contributed by atoms with van der Waals surface area (Å²) in [5.41, 5.74) is 2.45. The number of rotatable bonds is 5. The first-order valence-electron chi connectivity index (χ1n) is 6.77. The van der Waals surface area contributed by atoms with Crippen molar-refractivity contribution in [1.29, 1.82) is 0 Å². The first-order chi connectivity index (χ1) is 9.42. The second-order valence-electron chi connectivity index (χ2n) is 4.83. The minimum absolute atomic E-state index is 0.265. The fourth-order valence-corrected chi connectivity index (χ4v) is 2.39. The number of ether oxygens (including phenoxy) is 1. The van der Waals surface area contributed by atoms with E-state index in [1.807, 2.05) is 30.5 Å². The molecular formula is C16H18N2O. The molecule has 0 spiro atoms. The van der Waals surface area contributed by atoms with E-state index >= 15 is 0 Å². The van der Waals surface area contributed by atoms with Crippen molar-refractivity contribution < 1.29 is 4.74 Å². The van der Waals surface area contributed by atoms with Gasteiger partial charge in [0.25, 0.3) is 0 Å². The maximum atomic E-state index is 5.88. The molecule has 0 aliphatic carbocycles. The zero-order valence-electron chi connectivity index (χ0n) is 10.9. The highest BCUT2D eigenvalue weighted by Gasteiger charge is 2.21. The third kappa shape index (κ3) is 3.12. The minimum atomic E-state index is 0.265. The SMILES string of the molecule is c1ccc(CCNCC2Cc3ccccc3O2)nc1. The lowest BCUT2D eigenvalue weighted by atomic mass is 10.1. The number of nitrogens with one attached hydrogen (secondary N) is 1. The first kappa shape index (κ1) is 12.2. The number of para-hydroxylation sites is 1. The van der Waals surface area contributed by atoms with E-state index in [0.717, 1.165) is 37.4 Å². The molecule has 0 amide bonds. The van der Waals surface area contributed by atoms with Gasteiger partial charge in [-0.3, -0.25) is 4.98 Å². The summed E-state index contributed by atoms with van der Waals surface area (Å²) in [6.07, 6.45) is 4.07. The Labute approximate surface area is 113 Å². The van der Waals surface area contributed by atoms with E-state index in [2.05, 4.69) is 28.5 Å². The molecule has 3 rings (SSSR count). The van der Waals surface area contributed by atoms with E-state index in [4.69, 9.17) is 4.74 Å². The molecule has 1 aromatic heterocycles. The topological polar surface area (TPSA) is 34.1 Å². The lowest BCUT2D eigenvalue weighted by Gasteiger charge is -2.11. The van der Waals surface area contributed by atoms with Crippen molar-refractivity contribution in [2.75, 3.05) is 13.1 Å². The van der Waals surface area contributed by atoms with Crippen LogP contribution >= 0.6 is 0 Å². The molecule has 1 aliphatic heterocycles. The van der Waals surface area contributed by atoms with E-state index < -0.39 is 0 Å². The Hall–Kier alpha value is -1.87. The second-order valence-corrected chi connectivity index (χ2v) is 4.83. The zero-order chi connectivity index (χ0) is 12.9. The Morgan fingerprint density at radius 3 is 2.89 bits per heavy atom. The third-order valence-corrected chi connectivity index (χ3v) is 3.37. The predicted octanol–water partition coefficient (Wildman–Crippen LogP) is 2.22. The second kappa shape index (κ2) is 5.85. The summed E-state index contributed by atoms with van der Waals surface area (Å²) in [6, 6.07) is 14.3. The van der Waals surface area contributed by atoms with Crippen LogP contribution < -0.4 is 10.1 Å². The smallest absolute Gasteiger partial charge is 0.123 e. The molecule has 1 N–H and O–H groups in total. The van der Waals surface area contributed by atoms with Gasteiger partial charge in [-0.1, -0.05) is 24.3 Å². The van der Waals surface area contributed by atoms with E-state index in [-0.39, 0.29) is 6.10 Å². The maximum Gasteiger partial charge on any atom is 0.123 e. The van der Waals surface area contributed by atoms with Gasteiger partial charge in [0.15, 0.2) is 0 Å². The van der Waals surface area contributed by atoms with Crippen LogP contribution in [0.2, 0.25) is 0 Å². The maximum absolute atomic E-state index is 5.88. The molecular weight excluding hydrogens is 236 g/mol. The van der Waals surface area contributed by atoms with Gasteiger partial charge in [-0.2, -0.15) is 0 Å². The molecule has 2 aromatic rings. The van der Waals surface area contributed by atoms with Gasteiger partial charge in [0, 0.05) is 37.8 Å². The highest BCUT2D eigenvalue weighted by molar-refractivity contribution is 5.37. The number of pyridine rings is 1. The van der Waals surface area contributed by atoms with Gasteiger partial charge in [-0.25, -0.2) is 0 Å². The summed E-state index contributed by atoms with van der Waals surface area (Å²) >= 11 is 0. The molecule has 0 fully saturated rings. The Bertz CT molecular complexity index is 502. The summed E-state index contributed by atoms with van der Waals surface area (Å²) < 4.78 is 5.88. The molecule has 1 atom stereocenters. The van der Waals surface area contributed by atoms with Crippen LogP contribution in [0.1, 0.15) is 11.3 Å². The monoisotopic (exact) mass is 254 g/mol. The average Bonchev–Trinajstić information content (AvgIpc) is 2.87. The van der Waals surface area contributed by atoms with Crippen molar-refractivity contribution in [3.8, 4) is 5.75 Å². The summed E-state index contributed by atoms with van der Waals surface area (Å²) in [4.78, 5) is 4.31. The van der Waals surface area contributed by atoms with Crippen molar-refractivity contribution in [2.24, 2.45) is 0 Å². The van der Waals surface area contributed by atoms with Gasteiger partial charge < -0.3 is 10.1 Å². The number of aromatic nitrogens is 1. The van der Waals surface area contributed by atoms with Crippen molar-refractivity contribution in [3.63, 3.8) is 0 Å². The van der Waals surface area contributed by atoms with Crippen LogP contribution in [0.25, 0.3) is 0 Å². The standard InChI is InChI=1S/C16H18N2O/c1-2-7-16-13(5-1)11-15(19-16)12-17-10-8-14-6-3-4-9-18-14/h1-7,9,15,17H,8,10-12H2. The lowest BCUT2D eigenvalue weighted by molar-refractivity contribution is 0.228. The zero-order valence-corrected chi connectivity index (χ0v) is 10.9. The van der Waals surface area contributed by atoms with Crippen molar-refractivity contribution >= 4 is 0 Å². The Balaban J connectivity index is 1.41. The summed E-state index contributed by atoms with van der Waals surface area (Å²) in [5.74, 6) is 1.04. The molecule has 0 saturated carbocycles. The van der Waals surface area contributed by atoms with Gasteiger partial charge in [0.1, 0.15) is 11.9 Å². The summed E-state index contributed by atoms with van der Waals surface area (Å²) in [7, 11) is 0. The fourth-order valence-electron chi connectivity index (χ4n) is 2.39. The Morgan fingerprint density at radius 2 is 2.05 bits per heavy atom. The van der Waals surface area contributed by atoms with Crippen LogP contribution in [-0.2, 0) is 12.8 Å². The number of nitrogens with zero attached hydrogens (tertiary/aromatic N) is 1. The molecule has 3 nitrogen and oxygen atoms in total. The van der Waals surface area contributed by atoms with E-state index in [1.165, 1.54) is 5.56 Å². The number of hydrogen-bond donors (Lipinski definition) is 1. The van der Waals surface area contributed by atoms with Crippen LogP contribution in [0.15, 0.2) is 48.7 Å².